The van der Waals surface area contributed by atoms with Crippen molar-refractivity contribution in [2.45, 2.75) is 65.9 Å². The van der Waals surface area contributed by atoms with E-state index in [0.717, 1.165) is 103 Å². The van der Waals surface area contributed by atoms with E-state index in [1.54, 1.807) is 0 Å². The number of hydrogen-bond acceptors (Lipinski definition) is 4. The molecule has 0 saturated carbocycles. The molecule has 0 N–H and O–H groups in total. The molecule has 3 aliphatic rings. The van der Waals surface area contributed by atoms with Crippen molar-refractivity contribution in [3.8, 4) is 22.5 Å². The molecular formula is C36H43N2O3+. The summed E-state index contributed by atoms with van der Waals surface area (Å²) in [7, 11) is 0. The third-order valence-corrected chi connectivity index (χ3v) is 8.36. The second-order valence-corrected chi connectivity index (χ2v) is 10.7. The standard InChI is InChI=1S/C36H43N2O3/c1-5-37(6-2)26-20-22-31-33(24-26)41-34-25-27(38(7-3)8-4)21-23-32(34)35(31)29-18-14-15-19-30(29)36(39)40-28-16-12-10-9-11-13-17-28/h9-10,14-15,18-25,28H,5-8,11-13,16-17H2,1-4H3/q+1/b10-9-. The Labute approximate surface area is 244 Å². The van der Waals surface area contributed by atoms with Gasteiger partial charge in [-0.25, -0.2) is 9.37 Å². The molecule has 5 rings (SSSR count). The van der Waals surface area contributed by atoms with E-state index < -0.39 is 0 Å². The molecule has 0 radical (unpaired) electrons. The van der Waals surface area contributed by atoms with E-state index in [1.807, 2.05) is 24.3 Å². The van der Waals surface area contributed by atoms with Crippen LogP contribution in [0, 0.1) is 0 Å². The van der Waals surface area contributed by atoms with Gasteiger partial charge in [-0.1, -0.05) is 30.4 Å². The molecular weight excluding hydrogens is 508 g/mol. The summed E-state index contributed by atoms with van der Waals surface area (Å²) in [6.45, 7) is 12.3. The summed E-state index contributed by atoms with van der Waals surface area (Å²) < 4.78 is 15.1. The molecule has 2 aromatic carbocycles. The molecule has 0 fully saturated rings. The van der Waals surface area contributed by atoms with E-state index in [2.05, 4.69) is 85.7 Å². The first-order valence-electron chi connectivity index (χ1n) is 15.4. The van der Waals surface area contributed by atoms with Crippen LogP contribution >= 0.6 is 0 Å². The van der Waals surface area contributed by atoms with Crippen LogP contribution in [0.25, 0.3) is 33.4 Å². The molecule has 0 saturated heterocycles. The number of carbonyl (C=O) groups is 1. The number of rotatable bonds is 8. The molecule has 2 aromatic rings. The lowest BCUT2D eigenvalue weighted by atomic mass is 9.90. The molecule has 1 heterocycles. The maximum absolute atomic E-state index is 13.7. The van der Waals surface area contributed by atoms with Gasteiger partial charge >= 0.3 is 5.97 Å². The van der Waals surface area contributed by atoms with Gasteiger partial charge < -0.3 is 14.1 Å². The number of carbonyl (C=O) groups excluding carboxylic acids is 1. The van der Waals surface area contributed by atoms with Crippen molar-refractivity contribution in [2.75, 3.05) is 31.1 Å². The fourth-order valence-corrected chi connectivity index (χ4v) is 6.07. The summed E-state index contributed by atoms with van der Waals surface area (Å²) in [4.78, 5) is 16.1. The van der Waals surface area contributed by atoms with Crippen LogP contribution in [0.2, 0.25) is 0 Å². The minimum atomic E-state index is -0.253. The van der Waals surface area contributed by atoms with Crippen molar-refractivity contribution >= 4 is 22.6 Å². The van der Waals surface area contributed by atoms with Crippen LogP contribution in [0.1, 0.15) is 70.2 Å². The number of nitrogens with zero attached hydrogens (tertiary/aromatic N) is 2. The molecule has 0 bridgehead atoms. The van der Waals surface area contributed by atoms with Gasteiger partial charge in [0.1, 0.15) is 30.5 Å². The number of hydrogen-bond donors (Lipinski definition) is 0. The number of esters is 1. The van der Waals surface area contributed by atoms with Crippen LogP contribution in [0.3, 0.4) is 0 Å². The lowest BCUT2D eigenvalue weighted by Gasteiger charge is -2.23. The molecule has 214 valence electrons. The van der Waals surface area contributed by atoms with E-state index in [1.165, 1.54) is 0 Å². The van der Waals surface area contributed by atoms with Crippen molar-refractivity contribution in [3.05, 3.63) is 83.7 Å². The number of anilines is 1. The largest absolute Gasteiger partial charge is 0.459 e. The summed E-state index contributed by atoms with van der Waals surface area (Å²) >= 11 is 0. The molecule has 2 aliphatic carbocycles. The lowest BCUT2D eigenvalue weighted by Crippen LogP contribution is -2.29. The average Bonchev–Trinajstić information content (AvgIpc) is 2.98. The Hall–Kier alpha value is -3.86. The minimum absolute atomic E-state index is 0.0620. The summed E-state index contributed by atoms with van der Waals surface area (Å²) in [5.74, 6) is 0.556. The normalized spacial score (nSPS) is 16.2. The molecule has 5 nitrogen and oxygen atoms in total. The molecule has 5 heteroatoms. The van der Waals surface area contributed by atoms with Gasteiger partial charge in [0.2, 0.25) is 5.36 Å². The van der Waals surface area contributed by atoms with Crippen molar-refractivity contribution in [1.82, 2.24) is 4.58 Å². The second-order valence-electron chi connectivity index (χ2n) is 10.7. The summed E-state index contributed by atoms with van der Waals surface area (Å²) in [5, 5.41) is 2.11. The van der Waals surface area contributed by atoms with Crippen molar-refractivity contribution in [2.24, 2.45) is 0 Å². The van der Waals surface area contributed by atoms with Gasteiger partial charge in [0.15, 0.2) is 0 Å². The Morgan fingerprint density at radius 1 is 0.902 bits per heavy atom. The quantitative estimate of drug-likeness (QED) is 0.0966. The van der Waals surface area contributed by atoms with Gasteiger partial charge in [-0.15, -0.1) is 0 Å². The zero-order chi connectivity index (χ0) is 28.8. The fourth-order valence-electron chi connectivity index (χ4n) is 6.07. The molecule has 0 spiro atoms. The maximum Gasteiger partial charge on any atom is 0.339 e. The third-order valence-electron chi connectivity index (χ3n) is 8.36. The maximum atomic E-state index is 13.7. The predicted molar refractivity (Wildman–Crippen MR) is 170 cm³/mol. The van der Waals surface area contributed by atoms with Gasteiger partial charge in [-0.05, 0) is 89.6 Å². The van der Waals surface area contributed by atoms with Crippen LogP contribution in [0.15, 0.2) is 77.2 Å². The SMILES string of the molecule is CCN(CC)c1ccc2c(-c3ccccc3C(=O)OC3CC/C=C\CCC3)c3ccc(=[N+](CC)CC)cc-3oc2c1. The number of allylic oxidation sites excluding steroid dienone is 2. The van der Waals surface area contributed by atoms with Gasteiger partial charge in [0.05, 0.1) is 11.6 Å². The van der Waals surface area contributed by atoms with Gasteiger partial charge in [-0.2, -0.15) is 0 Å². The van der Waals surface area contributed by atoms with E-state index >= 15 is 0 Å². The Morgan fingerprint density at radius 2 is 1.68 bits per heavy atom. The minimum Gasteiger partial charge on any atom is -0.459 e. The first-order chi connectivity index (χ1) is 20.1. The first-order valence-corrected chi connectivity index (χ1v) is 15.4. The molecule has 1 unspecified atom stereocenters. The zero-order valence-corrected chi connectivity index (χ0v) is 25.0. The summed E-state index contributed by atoms with van der Waals surface area (Å²) in [6, 6.07) is 20.8. The topological polar surface area (TPSA) is 45.7 Å². The van der Waals surface area contributed by atoms with Crippen LogP contribution in [-0.4, -0.2) is 38.3 Å². The van der Waals surface area contributed by atoms with E-state index in [0.29, 0.717) is 5.56 Å². The Balaban J connectivity index is 1.70. The van der Waals surface area contributed by atoms with E-state index in [-0.39, 0.29) is 12.1 Å². The first kappa shape index (κ1) is 28.7. The van der Waals surface area contributed by atoms with Gasteiger partial charge in [0.25, 0.3) is 0 Å². The highest BCUT2D eigenvalue weighted by molar-refractivity contribution is 6.08. The van der Waals surface area contributed by atoms with Crippen molar-refractivity contribution in [1.29, 1.82) is 0 Å². The molecule has 41 heavy (non-hydrogen) atoms. The van der Waals surface area contributed by atoms with Crippen LogP contribution in [0.5, 0.6) is 0 Å². The fraction of sp³-hybridized carbons (Fsp3) is 0.389. The smallest absolute Gasteiger partial charge is 0.339 e. The van der Waals surface area contributed by atoms with E-state index in [4.69, 9.17) is 9.15 Å². The average molecular weight is 552 g/mol. The Morgan fingerprint density at radius 3 is 2.46 bits per heavy atom. The summed E-state index contributed by atoms with van der Waals surface area (Å²) in [6.07, 6.45) is 9.17. The lowest BCUT2D eigenvalue weighted by molar-refractivity contribution is 0.0258. The molecule has 1 atom stereocenters. The number of fused-ring (bicyclic) bond motifs is 2. The van der Waals surface area contributed by atoms with Gasteiger partial charge in [0, 0.05) is 47.4 Å². The third kappa shape index (κ3) is 6.09. The van der Waals surface area contributed by atoms with Crippen molar-refractivity contribution < 1.29 is 13.9 Å². The van der Waals surface area contributed by atoms with Crippen LogP contribution < -0.4 is 14.8 Å². The van der Waals surface area contributed by atoms with Crippen molar-refractivity contribution in [3.63, 3.8) is 0 Å². The highest BCUT2D eigenvalue weighted by Gasteiger charge is 2.25. The summed E-state index contributed by atoms with van der Waals surface area (Å²) in [5.41, 5.74) is 5.40. The van der Waals surface area contributed by atoms with Crippen LogP contribution in [-0.2, 0) is 4.74 Å². The van der Waals surface area contributed by atoms with Crippen LogP contribution in [0.4, 0.5) is 5.69 Å². The molecule has 0 aromatic heterocycles. The second kappa shape index (κ2) is 13.2. The predicted octanol–water partition coefficient (Wildman–Crippen LogP) is 7.91. The molecule has 1 aliphatic heterocycles. The zero-order valence-electron chi connectivity index (χ0n) is 25.0. The van der Waals surface area contributed by atoms with E-state index in [9.17, 15) is 4.79 Å². The molecule has 0 amide bonds. The highest BCUT2D eigenvalue weighted by atomic mass is 16.5. The van der Waals surface area contributed by atoms with Gasteiger partial charge in [-0.3, -0.25) is 0 Å². The monoisotopic (exact) mass is 551 g/mol. The Kier molecular flexibility index (Phi) is 9.23. The Bertz CT molecular complexity index is 1570. The number of ether oxygens (including phenoxy) is 1. The number of benzene rings is 3. The highest BCUT2D eigenvalue weighted by Crippen LogP contribution is 2.42.